The van der Waals surface area contributed by atoms with Gasteiger partial charge < -0.3 is 9.15 Å². The molecular weight excluding hydrogens is 354 g/mol. The molecule has 1 aromatic carbocycles. The quantitative estimate of drug-likeness (QED) is 0.605. The lowest BCUT2D eigenvalue weighted by molar-refractivity contribution is 0.190. The zero-order chi connectivity index (χ0) is 17.2. The minimum atomic E-state index is 0.405. The highest BCUT2D eigenvalue weighted by atomic mass is 32.1. The van der Waals surface area contributed by atoms with E-state index in [9.17, 15) is 0 Å². The van der Waals surface area contributed by atoms with Crippen LogP contribution in [-0.4, -0.2) is 28.3 Å². The number of thiophene rings is 1. The maximum atomic E-state index is 5.71. The number of likely N-dealkylation sites (tertiary alicyclic amines) is 1. The van der Waals surface area contributed by atoms with Crippen molar-refractivity contribution in [3.05, 3.63) is 51.5 Å². The summed E-state index contributed by atoms with van der Waals surface area (Å²) in [5.74, 6) is 1.34. The molecule has 3 aromatic rings. The van der Waals surface area contributed by atoms with Crippen molar-refractivity contribution in [2.24, 2.45) is 0 Å². The Morgan fingerprint density at radius 2 is 2.16 bits per heavy atom. The van der Waals surface area contributed by atoms with Crippen LogP contribution in [0.1, 0.15) is 23.8 Å². The zero-order valence-electron chi connectivity index (χ0n) is 13.9. The number of benzene rings is 1. The van der Waals surface area contributed by atoms with Gasteiger partial charge >= 0.3 is 0 Å². The fraction of sp³-hybridized carbons (Fsp3) is 0.333. The fourth-order valence-corrected chi connectivity index (χ4v) is 4.29. The van der Waals surface area contributed by atoms with Crippen LogP contribution in [0, 0.1) is 4.84 Å². The predicted molar refractivity (Wildman–Crippen MR) is 100 cm³/mol. The first kappa shape index (κ1) is 16.5. The Morgan fingerprint density at radius 3 is 2.88 bits per heavy atom. The number of nitrogens with zero attached hydrogens (tertiary/aromatic N) is 3. The first-order valence-electron chi connectivity index (χ1n) is 8.24. The Morgan fingerprint density at radius 1 is 1.32 bits per heavy atom. The highest BCUT2D eigenvalue weighted by molar-refractivity contribution is 7.71. The topological polar surface area (TPSA) is 43.4 Å². The van der Waals surface area contributed by atoms with E-state index in [1.165, 1.54) is 17.7 Å². The van der Waals surface area contributed by atoms with Crippen LogP contribution in [0.5, 0.6) is 5.75 Å². The van der Waals surface area contributed by atoms with Crippen molar-refractivity contribution in [1.29, 1.82) is 0 Å². The van der Waals surface area contributed by atoms with E-state index in [2.05, 4.69) is 27.5 Å². The van der Waals surface area contributed by atoms with Crippen molar-refractivity contribution < 1.29 is 9.15 Å². The Balaban J connectivity index is 1.55. The SMILES string of the molecule is COc1ccc(-c2nn(CN3CCC[C@H]3c3cccs3)c(=S)o2)cc1. The monoisotopic (exact) mass is 373 g/mol. The van der Waals surface area contributed by atoms with E-state index >= 15 is 0 Å². The van der Waals surface area contributed by atoms with E-state index in [0.29, 0.717) is 23.4 Å². The summed E-state index contributed by atoms with van der Waals surface area (Å²) in [6.45, 7) is 1.70. The van der Waals surface area contributed by atoms with Gasteiger partial charge in [0.05, 0.1) is 13.8 Å². The zero-order valence-corrected chi connectivity index (χ0v) is 15.6. The molecule has 130 valence electrons. The summed E-state index contributed by atoms with van der Waals surface area (Å²) < 4.78 is 12.7. The van der Waals surface area contributed by atoms with Gasteiger partial charge in [0.2, 0.25) is 5.89 Å². The Bertz CT molecular complexity index is 884. The third-order valence-corrected chi connectivity index (χ3v) is 5.76. The maximum Gasteiger partial charge on any atom is 0.288 e. The van der Waals surface area contributed by atoms with Gasteiger partial charge in [-0.1, -0.05) is 6.07 Å². The molecule has 0 N–H and O–H groups in total. The van der Waals surface area contributed by atoms with Crippen LogP contribution >= 0.6 is 23.6 Å². The molecule has 0 radical (unpaired) electrons. The van der Waals surface area contributed by atoms with Gasteiger partial charge in [-0.2, -0.15) is 0 Å². The summed E-state index contributed by atoms with van der Waals surface area (Å²) >= 11 is 7.19. The number of ether oxygens (including phenoxy) is 1. The first-order valence-corrected chi connectivity index (χ1v) is 9.53. The minimum Gasteiger partial charge on any atom is -0.497 e. The van der Waals surface area contributed by atoms with Crippen LogP contribution in [0.3, 0.4) is 0 Å². The minimum absolute atomic E-state index is 0.405. The predicted octanol–water partition coefficient (Wildman–Crippen LogP) is 4.74. The molecule has 2 aromatic heterocycles. The summed E-state index contributed by atoms with van der Waals surface area (Å²) in [6, 6.07) is 12.4. The molecule has 0 spiro atoms. The summed E-state index contributed by atoms with van der Waals surface area (Å²) in [6.07, 6.45) is 2.37. The molecule has 0 aliphatic carbocycles. The van der Waals surface area contributed by atoms with Crippen LogP contribution in [0.15, 0.2) is 46.2 Å². The molecule has 3 heterocycles. The second kappa shape index (κ2) is 7.11. The molecule has 0 bridgehead atoms. The molecule has 25 heavy (non-hydrogen) atoms. The molecule has 0 unspecified atom stereocenters. The fourth-order valence-electron chi connectivity index (χ4n) is 3.22. The Kier molecular flexibility index (Phi) is 4.70. The molecule has 1 fully saturated rings. The van der Waals surface area contributed by atoms with Gasteiger partial charge in [-0.25, -0.2) is 4.68 Å². The van der Waals surface area contributed by atoms with Gasteiger partial charge in [-0.3, -0.25) is 4.90 Å². The molecule has 7 heteroatoms. The van der Waals surface area contributed by atoms with Gasteiger partial charge in [0.25, 0.3) is 4.84 Å². The lowest BCUT2D eigenvalue weighted by Crippen LogP contribution is -2.26. The third kappa shape index (κ3) is 3.40. The lowest BCUT2D eigenvalue weighted by Gasteiger charge is -2.22. The smallest absolute Gasteiger partial charge is 0.288 e. The van der Waals surface area contributed by atoms with E-state index in [-0.39, 0.29) is 0 Å². The molecule has 5 nitrogen and oxygen atoms in total. The van der Waals surface area contributed by atoms with Crippen molar-refractivity contribution in [1.82, 2.24) is 14.7 Å². The van der Waals surface area contributed by atoms with Crippen molar-refractivity contribution in [3.8, 4) is 17.2 Å². The van der Waals surface area contributed by atoms with Crippen molar-refractivity contribution >= 4 is 23.6 Å². The second-order valence-electron chi connectivity index (χ2n) is 6.03. The van der Waals surface area contributed by atoms with Crippen molar-refractivity contribution in [2.45, 2.75) is 25.6 Å². The molecule has 1 saturated heterocycles. The standard InChI is InChI=1S/C18H19N3O2S2/c1-22-14-8-6-13(7-9-14)17-19-21(18(24)23-17)12-20-10-2-4-15(20)16-5-3-11-25-16/h3,5-9,11,15H,2,4,10,12H2,1H3/t15-/m0/s1. The summed E-state index contributed by atoms with van der Waals surface area (Å²) in [5, 5.41) is 6.72. The number of aromatic nitrogens is 2. The molecule has 4 rings (SSSR count). The van der Waals surface area contributed by atoms with Crippen molar-refractivity contribution in [2.75, 3.05) is 13.7 Å². The van der Waals surface area contributed by atoms with Gasteiger partial charge in [-0.05, 0) is 60.8 Å². The molecule has 1 atom stereocenters. The lowest BCUT2D eigenvalue weighted by atomic mass is 10.2. The highest BCUT2D eigenvalue weighted by Gasteiger charge is 2.27. The average molecular weight is 374 g/mol. The van der Waals surface area contributed by atoms with Gasteiger partial charge in [0, 0.05) is 23.0 Å². The van der Waals surface area contributed by atoms with Gasteiger partial charge in [0.1, 0.15) is 5.75 Å². The van der Waals surface area contributed by atoms with E-state index in [1.54, 1.807) is 11.8 Å². The van der Waals surface area contributed by atoms with Crippen LogP contribution in [0.2, 0.25) is 0 Å². The maximum absolute atomic E-state index is 5.71. The largest absolute Gasteiger partial charge is 0.497 e. The van der Waals surface area contributed by atoms with E-state index < -0.39 is 0 Å². The van der Waals surface area contributed by atoms with E-state index in [0.717, 1.165) is 17.9 Å². The number of hydrogen-bond donors (Lipinski definition) is 0. The van der Waals surface area contributed by atoms with E-state index in [1.807, 2.05) is 35.6 Å². The highest BCUT2D eigenvalue weighted by Crippen LogP contribution is 2.34. The first-order chi connectivity index (χ1) is 12.2. The van der Waals surface area contributed by atoms with E-state index in [4.69, 9.17) is 21.4 Å². The number of hydrogen-bond acceptors (Lipinski definition) is 6. The van der Waals surface area contributed by atoms with Gasteiger partial charge in [-0.15, -0.1) is 16.4 Å². The molecular formula is C18H19N3O2S2. The average Bonchev–Trinajstić information content (AvgIpc) is 3.37. The van der Waals surface area contributed by atoms with Gasteiger partial charge in [0.15, 0.2) is 0 Å². The molecule has 1 aliphatic heterocycles. The number of methoxy groups -OCH3 is 1. The molecule has 1 aliphatic rings. The third-order valence-electron chi connectivity index (χ3n) is 4.49. The van der Waals surface area contributed by atoms with Crippen molar-refractivity contribution in [3.63, 3.8) is 0 Å². The van der Waals surface area contributed by atoms with Crippen LogP contribution in [0.25, 0.3) is 11.5 Å². The van der Waals surface area contributed by atoms with Crippen LogP contribution < -0.4 is 4.74 Å². The Hall–Kier alpha value is -1.96. The van der Waals surface area contributed by atoms with Crippen LogP contribution in [-0.2, 0) is 6.67 Å². The number of rotatable bonds is 5. The normalized spacial score (nSPS) is 17.9. The Labute approximate surface area is 155 Å². The van der Waals surface area contributed by atoms with Crippen LogP contribution in [0.4, 0.5) is 0 Å². The summed E-state index contributed by atoms with van der Waals surface area (Å²) in [7, 11) is 1.65. The summed E-state index contributed by atoms with van der Waals surface area (Å²) in [4.78, 5) is 4.23. The summed E-state index contributed by atoms with van der Waals surface area (Å²) in [5.41, 5.74) is 0.891. The molecule has 0 amide bonds. The second-order valence-corrected chi connectivity index (χ2v) is 7.36. The molecule has 0 saturated carbocycles.